The van der Waals surface area contributed by atoms with Crippen LogP contribution in [0.1, 0.15) is 49.0 Å². The van der Waals surface area contributed by atoms with Crippen LogP contribution in [0.15, 0.2) is 29.1 Å². The number of allylic oxidation sites excluding steroid dienone is 1. The number of benzene rings is 1. The van der Waals surface area contributed by atoms with E-state index in [1.807, 2.05) is 6.20 Å². The molecule has 0 radical (unpaired) electrons. The normalized spacial score (nSPS) is 27.0. The smallest absolute Gasteiger partial charge is 0.150 e. The predicted octanol–water partition coefficient (Wildman–Crippen LogP) is 5.07. The molecule has 1 aliphatic heterocycles. The third-order valence-electron chi connectivity index (χ3n) is 5.19. The summed E-state index contributed by atoms with van der Waals surface area (Å²) >= 11 is 3.86. The highest BCUT2D eigenvalue weighted by Crippen LogP contribution is 2.53. The zero-order valence-electron chi connectivity index (χ0n) is 14.2. The molecule has 0 bridgehead atoms. The number of hydrogen-bond acceptors (Lipinski definition) is 3. The Bertz CT molecular complexity index is 777. The first kappa shape index (κ1) is 16.2. The summed E-state index contributed by atoms with van der Waals surface area (Å²) in [6.07, 6.45) is 10.6. The summed E-state index contributed by atoms with van der Waals surface area (Å²) in [6, 6.07) is 2.27. The molecule has 1 saturated carbocycles. The van der Waals surface area contributed by atoms with Gasteiger partial charge in [0.15, 0.2) is 6.23 Å². The second kappa shape index (κ2) is 6.52. The molecule has 2 heterocycles. The first-order valence-electron chi connectivity index (χ1n) is 8.68. The minimum absolute atomic E-state index is 0.0757. The van der Waals surface area contributed by atoms with Crippen LogP contribution in [0.2, 0.25) is 0 Å². The monoisotopic (exact) mass is 390 g/mol. The van der Waals surface area contributed by atoms with E-state index in [0.29, 0.717) is 11.8 Å². The van der Waals surface area contributed by atoms with Crippen LogP contribution in [0.3, 0.4) is 0 Å². The van der Waals surface area contributed by atoms with Crippen molar-refractivity contribution < 1.29 is 9.47 Å². The lowest BCUT2D eigenvalue weighted by atomic mass is 10.0. The van der Waals surface area contributed by atoms with E-state index in [1.54, 1.807) is 13.4 Å². The van der Waals surface area contributed by atoms with Crippen LogP contribution in [-0.4, -0.2) is 23.5 Å². The standard InChI is InChI=1S/C19H23BrN2O2/c1-12-9-16-15(11-21-22(16)17-5-3-4-7-24-17)19(20)18(12)14-10-13(14)6-8-23-2/h6,8-9,11,13-14,17H,3-5,7,10H2,1-2H3/b8-6+/t13-,14+,17+/m0/s1. The fraction of sp³-hybridized carbons (Fsp3) is 0.526. The summed E-state index contributed by atoms with van der Waals surface area (Å²) in [7, 11) is 1.70. The minimum Gasteiger partial charge on any atom is -0.505 e. The number of rotatable bonds is 4. The molecule has 1 aliphatic carbocycles. The molecule has 0 N–H and O–H groups in total. The largest absolute Gasteiger partial charge is 0.505 e. The summed E-state index contributed by atoms with van der Waals surface area (Å²) < 4.78 is 14.2. The zero-order valence-corrected chi connectivity index (χ0v) is 15.8. The number of aryl methyl sites for hydroxylation is 1. The number of aromatic nitrogens is 2. The highest BCUT2D eigenvalue weighted by atomic mass is 79.9. The van der Waals surface area contributed by atoms with E-state index in [1.165, 1.54) is 39.3 Å². The van der Waals surface area contributed by atoms with Crippen LogP contribution in [0.4, 0.5) is 0 Å². The molecule has 3 atom stereocenters. The van der Waals surface area contributed by atoms with E-state index in [4.69, 9.17) is 9.47 Å². The Morgan fingerprint density at radius 1 is 1.42 bits per heavy atom. The van der Waals surface area contributed by atoms with Crippen molar-refractivity contribution in [3.05, 3.63) is 40.2 Å². The van der Waals surface area contributed by atoms with Gasteiger partial charge < -0.3 is 9.47 Å². The minimum atomic E-state index is 0.0757. The van der Waals surface area contributed by atoms with Crippen molar-refractivity contribution in [3.63, 3.8) is 0 Å². The summed E-state index contributed by atoms with van der Waals surface area (Å²) in [5.74, 6) is 1.15. The molecule has 1 aromatic heterocycles. The lowest BCUT2D eigenvalue weighted by Gasteiger charge is -2.23. The molecule has 2 aliphatic rings. The van der Waals surface area contributed by atoms with Crippen LogP contribution < -0.4 is 0 Å². The maximum absolute atomic E-state index is 5.92. The van der Waals surface area contributed by atoms with Gasteiger partial charge in [-0.15, -0.1) is 0 Å². The molecule has 1 saturated heterocycles. The summed E-state index contributed by atoms with van der Waals surface area (Å²) in [6.45, 7) is 3.04. The van der Waals surface area contributed by atoms with Gasteiger partial charge in [-0.1, -0.05) is 0 Å². The lowest BCUT2D eigenvalue weighted by Crippen LogP contribution is -2.19. The van der Waals surface area contributed by atoms with Gasteiger partial charge in [0.05, 0.1) is 25.1 Å². The molecule has 4 rings (SSSR count). The van der Waals surface area contributed by atoms with E-state index in [0.717, 1.165) is 19.4 Å². The number of nitrogens with zero attached hydrogens (tertiary/aromatic N) is 2. The van der Waals surface area contributed by atoms with Crippen molar-refractivity contribution in [2.75, 3.05) is 13.7 Å². The van der Waals surface area contributed by atoms with Crippen LogP contribution in [0, 0.1) is 12.8 Å². The van der Waals surface area contributed by atoms with E-state index in [-0.39, 0.29) is 6.23 Å². The number of fused-ring (bicyclic) bond motifs is 1. The van der Waals surface area contributed by atoms with Gasteiger partial charge in [-0.2, -0.15) is 5.10 Å². The van der Waals surface area contributed by atoms with Crippen molar-refractivity contribution >= 4 is 26.8 Å². The fourth-order valence-electron chi connectivity index (χ4n) is 3.83. The molecule has 1 aromatic carbocycles. The molecule has 2 aromatic rings. The van der Waals surface area contributed by atoms with Crippen LogP contribution >= 0.6 is 15.9 Å². The third kappa shape index (κ3) is 2.78. The Balaban J connectivity index is 1.70. The average Bonchev–Trinajstić information content (AvgIpc) is 3.22. The van der Waals surface area contributed by atoms with Crippen LogP contribution in [0.5, 0.6) is 0 Å². The molecule has 128 valence electrons. The molecule has 4 nitrogen and oxygen atoms in total. The van der Waals surface area contributed by atoms with Gasteiger partial charge in [0.1, 0.15) is 0 Å². The fourth-order valence-corrected chi connectivity index (χ4v) is 4.74. The van der Waals surface area contributed by atoms with Crippen LogP contribution in [-0.2, 0) is 9.47 Å². The number of methoxy groups -OCH3 is 1. The maximum Gasteiger partial charge on any atom is 0.150 e. The van der Waals surface area contributed by atoms with Gasteiger partial charge in [-0.05, 0) is 83.6 Å². The molecule has 0 unspecified atom stereocenters. The van der Waals surface area contributed by atoms with Crippen molar-refractivity contribution in [1.29, 1.82) is 0 Å². The predicted molar refractivity (Wildman–Crippen MR) is 98.0 cm³/mol. The molecule has 0 spiro atoms. The van der Waals surface area contributed by atoms with Gasteiger partial charge in [-0.3, -0.25) is 0 Å². The second-order valence-corrected chi connectivity index (χ2v) is 7.63. The highest BCUT2D eigenvalue weighted by Gasteiger charge is 2.39. The molecule has 5 heteroatoms. The lowest BCUT2D eigenvalue weighted by molar-refractivity contribution is -0.0366. The topological polar surface area (TPSA) is 36.3 Å². The Hall–Kier alpha value is -1.33. The molecule has 0 amide bonds. The Morgan fingerprint density at radius 3 is 3.04 bits per heavy atom. The summed E-state index contributed by atoms with van der Waals surface area (Å²) in [5.41, 5.74) is 3.90. The van der Waals surface area contributed by atoms with Crippen molar-refractivity contribution in [3.8, 4) is 0 Å². The van der Waals surface area contributed by atoms with Crippen LogP contribution in [0.25, 0.3) is 10.9 Å². The number of ether oxygens (including phenoxy) is 2. The van der Waals surface area contributed by atoms with Crippen molar-refractivity contribution in [2.45, 2.75) is 44.8 Å². The molecular formula is C19H23BrN2O2. The highest BCUT2D eigenvalue weighted by molar-refractivity contribution is 9.10. The van der Waals surface area contributed by atoms with Gasteiger partial charge in [-0.25, -0.2) is 4.68 Å². The summed E-state index contributed by atoms with van der Waals surface area (Å²) in [5, 5.41) is 5.82. The number of halogens is 1. The molecule has 24 heavy (non-hydrogen) atoms. The first-order valence-corrected chi connectivity index (χ1v) is 9.47. The Kier molecular flexibility index (Phi) is 4.39. The Morgan fingerprint density at radius 2 is 2.29 bits per heavy atom. The SMILES string of the molecule is CO/C=C/[C@H]1C[C@H]1c1c(C)cc2c(cnn2[C@H]2CCCCO2)c1Br. The third-order valence-corrected chi connectivity index (χ3v) is 6.04. The van der Waals surface area contributed by atoms with Gasteiger partial charge in [0.25, 0.3) is 0 Å². The second-order valence-electron chi connectivity index (χ2n) is 6.83. The van der Waals surface area contributed by atoms with E-state index >= 15 is 0 Å². The average molecular weight is 391 g/mol. The Labute approximate surface area is 150 Å². The quantitative estimate of drug-likeness (QED) is 0.683. The summed E-state index contributed by atoms with van der Waals surface area (Å²) in [4.78, 5) is 0. The van der Waals surface area contributed by atoms with E-state index in [9.17, 15) is 0 Å². The maximum atomic E-state index is 5.92. The number of hydrogen-bond donors (Lipinski definition) is 0. The van der Waals surface area contributed by atoms with Gasteiger partial charge in [0.2, 0.25) is 0 Å². The van der Waals surface area contributed by atoms with Crippen molar-refractivity contribution in [1.82, 2.24) is 9.78 Å². The van der Waals surface area contributed by atoms with Gasteiger partial charge >= 0.3 is 0 Å². The van der Waals surface area contributed by atoms with E-state index in [2.05, 4.69) is 44.8 Å². The molecular weight excluding hydrogens is 368 g/mol. The van der Waals surface area contributed by atoms with Gasteiger partial charge in [0, 0.05) is 16.5 Å². The first-order chi connectivity index (χ1) is 11.7. The van der Waals surface area contributed by atoms with E-state index < -0.39 is 0 Å². The van der Waals surface area contributed by atoms with Crippen molar-refractivity contribution in [2.24, 2.45) is 5.92 Å². The zero-order chi connectivity index (χ0) is 16.7. The molecule has 2 fully saturated rings.